The number of nitrogens with two attached hydrogens (primary N) is 1. The molecule has 1 aliphatic rings. The van der Waals surface area contributed by atoms with Gasteiger partial charge in [-0.1, -0.05) is 56.2 Å². The van der Waals surface area contributed by atoms with E-state index in [4.69, 9.17) is 5.73 Å². The molecule has 1 saturated carbocycles. The molecule has 0 saturated heterocycles. The van der Waals surface area contributed by atoms with Crippen molar-refractivity contribution in [3.63, 3.8) is 0 Å². The molecule has 2 aromatic rings. The number of hydrogen-bond donors (Lipinski definition) is 1. The zero-order valence-electron chi connectivity index (χ0n) is 14.5. The molecule has 0 aromatic heterocycles. The van der Waals surface area contributed by atoms with Gasteiger partial charge in [0.1, 0.15) is 0 Å². The van der Waals surface area contributed by atoms with Crippen LogP contribution >= 0.6 is 0 Å². The van der Waals surface area contributed by atoms with Crippen LogP contribution in [0.5, 0.6) is 0 Å². The summed E-state index contributed by atoms with van der Waals surface area (Å²) in [7, 11) is 0. The van der Waals surface area contributed by atoms with Crippen molar-refractivity contribution in [2.45, 2.75) is 58.3 Å². The maximum absolute atomic E-state index is 5.84. The first-order valence-corrected chi connectivity index (χ1v) is 9.02. The third kappa shape index (κ3) is 3.60. The van der Waals surface area contributed by atoms with Gasteiger partial charge < -0.3 is 5.73 Å². The summed E-state index contributed by atoms with van der Waals surface area (Å²) in [6.07, 6.45) is 7.82. The van der Waals surface area contributed by atoms with Gasteiger partial charge >= 0.3 is 0 Å². The van der Waals surface area contributed by atoms with Crippen LogP contribution in [0.15, 0.2) is 48.5 Å². The summed E-state index contributed by atoms with van der Waals surface area (Å²) in [6, 6.07) is 17.5. The minimum atomic E-state index is 0.446. The van der Waals surface area contributed by atoms with E-state index in [-0.39, 0.29) is 0 Å². The fraction of sp³-hybridized carbons (Fsp3) is 0.455. The Morgan fingerprint density at radius 2 is 1.83 bits per heavy atom. The normalized spacial score (nSPS) is 24.5. The zero-order chi connectivity index (χ0) is 16.3. The Hall–Kier alpha value is -1.76. The maximum atomic E-state index is 5.84. The molecule has 0 heterocycles. The third-order valence-corrected chi connectivity index (χ3v) is 5.88. The summed E-state index contributed by atoms with van der Waals surface area (Å²) < 4.78 is 0. The highest BCUT2D eigenvalue weighted by atomic mass is 14.5. The van der Waals surface area contributed by atoms with Crippen molar-refractivity contribution in [3.05, 3.63) is 65.2 Å². The molecule has 122 valence electrons. The standard InChI is InChI=1S/C22H29N/c1-3-22(15-18-10-12-20(23)13-11-18)14-6-8-19(16-22)21-9-5-4-7-17(21)2/h4-5,7,9-13,19H,3,6,8,14-16,23H2,1-2H3. The van der Waals surface area contributed by atoms with Crippen LogP contribution in [0.1, 0.15) is 61.6 Å². The van der Waals surface area contributed by atoms with Crippen molar-refractivity contribution in [1.29, 1.82) is 0 Å². The van der Waals surface area contributed by atoms with Gasteiger partial charge in [-0.2, -0.15) is 0 Å². The monoisotopic (exact) mass is 307 g/mol. The van der Waals surface area contributed by atoms with Crippen LogP contribution < -0.4 is 5.73 Å². The molecule has 23 heavy (non-hydrogen) atoms. The van der Waals surface area contributed by atoms with Gasteiger partial charge in [0.15, 0.2) is 0 Å². The molecule has 2 atom stereocenters. The predicted molar refractivity (Wildman–Crippen MR) is 99.7 cm³/mol. The second-order valence-electron chi connectivity index (χ2n) is 7.42. The number of hydrogen-bond acceptors (Lipinski definition) is 1. The van der Waals surface area contributed by atoms with E-state index in [9.17, 15) is 0 Å². The molecule has 1 heteroatoms. The van der Waals surface area contributed by atoms with E-state index in [0.717, 1.165) is 11.6 Å². The quantitative estimate of drug-likeness (QED) is 0.702. The van der Waals surface area contributed by atoms with Gasteiger partial charge in [-0.25, -0.2) is 0 Å². The minimum absolute atomic E-state index is 0.446. The van der Waals surface area contributed by atoms with Gasteiger partial charge in [-0.3, -0.25) is 0 Å². The first-order chi connectivity index (χ1) is 11.1. The summed E-state index contributed by atoms with van der Waals surface area (Å²) >= 11 is 0. The first-order valence-electron chi connectivity index (χ1n) is 9.02. The van der Waals surface area contributed by atoms with Gasteiger partial charge in [-0.05, 0) is 72.8 Å². The van der Waals surface area contributed by atoms with E-state index < -0.39 is 0 Å². The number of anilines is 1. The molecule has 2 aromatic carbocycles. The number of benzene rings is 2. The van der Waals surface area contributed by atoms with Crippen LogP contribution in [0, 0.1) is 12.3 Å². The van der Waals surface area contributed by atoms with Crippen molar-refractivity contribution in [3.8, 4) is 0 Å². The number of aryl methyl sites for hydroxylation is 1. The lowest BCUT2D eigenvalue weighted by Crippen LogP contribution is -2.30. The Morgan fingerprint density at radius 3 is 2.52 bits per heavy atom. The molecular weight excluding hydrogens is 278 g/mol. The highest BCUT2D eigenvalue weighted by molar-refractivity contribution is 5.39. The fourth-order valence-electron chi connectivity index (χ4n) is 4.44. The molecule has 1 aliphatic carbocycles. The largest absolute Gasteiger partial charge is 0.399 e. The Morgan fingerprint density at radius 1 is 1.09 bits per heavy atom. The second-order valence-corrected chi connectivity index (χ2v) is 7.42. The average molecular weight is 307 g/mol. The summed E-state index contributed by atoms with van der Waals surface area (Å²) in [5, 5.41) is 0. The SMILES string of the molecule is CCC1(Cc2ccc(N)cc2)CCCC(c2ccccc2C)C1. The summed E-state index contributed by atoms with van der Waals surface area (Å²) in [5.41, 5.74) is 11.6. The van der Waals surface area contributed by atoms with Crippen LogP contribution in [0.25, 0.3) is 0 Å². The lowest BCUT2D eigenvalue weighted by Gasteiger charge is -2.41. The van der Waals surface area contributed by atoms with Crippen molar-refractivity contribution in [2.75, 3.05) is 5.73 Å². The molecule has 0 spiro atoms. The molecule has 2 N–H and O–H groups in total. The summed E-state index contributed by atoms with van der Waals surface area (Å²) in [4.78, 5) is 0. The van der Waals surface area contributed by atoms with E-state index in [1.54, 1.807) is 5.56 Å². The molecule has 0 aliphatic heterocycles. The van der Waals surface area contributed by atoms with Crippen LogP contribution in [0.3, 0.4) is 0 Å². The average Bonchev–Trinajstić information content (AvgIpc) is 2.58. The molecular formula is C22H29N. The van der Waals surface area contributed by atoms with Crippen molar-refractivity contribution in [2.24, 2.45) is 5.41 Å². The smallest absolute Gasteiger partial charge is 0.0314 e. The van der Waals surface area contributed by atoms with E-state index in [1.807, 2.05) is 12.1 Å². The van der Waals surface area contributed by atoms with Gasteiger partial charge in [0.05, 0.1) is 0 Å². The van der Waals surface area contributed by atoms with E-state index in [1.165, 1.54) is 49.7 Å². The summed E-state index contributed by atoms with van der Waals surface area (Å²) in [5.74, 6) is 0.721. The predicted octanol–water partition coefficient (Wildman–Crippen LogP) is 5.87. The van der Waals surface area contributed by atoms with Crippen LogP contribution in [-0.2, 0) is 6.42 Å². The van der Waals surface area contributed by atoms with Gasteiger partial charge in [0.25, 0.3) is 0 Å². The van der Waals surface area contributed by atoms with Crippen molar-refractivity contribution < 1.29 is 0 Å². The van der Waals surface area contributed by atoms with E-state index >= 15 is 0 Å². The molecule has 0 bridgehead atoms. The zero-order valence-corrected chi connectivity index (χ0v) is 14.5. The lowest BCUT2D eigenvalue weighted by atomic mass is 9.63. The maximum Gasteiger partial charge on any atom is 0.0314 e. The molecule has 1 nitrogen and oxygen atoms in total. The molecule has 1 fully saturated rings. The molecule has 2 unspecified atom stereocenters. The van der Waals surface area contributed by atoms with Gasteiger partial charge in [0.2, 0.25) is 0 Å². The number of nitrogen functional groups attached to an aromatic ring is 1. The fourth-order valence-corrected chi connectivity index (χ4v) is 4.44. The third-order valence-electron chi connectivity index (χ3n) is 5.88. The molecule has 0 amide bonds. The van der Waals surface area contributed by atoms with Crippen LogP contribution in [0.2, 0.25) is 0 Å². The second kappa shape index (κ2) is 6.78. The van der Waals surface area contributed by atoms with Crippen molar-refractivity contribution in [1.82, 2.24) is 0 Å². The van der Waals surface area contributed by atoms with E-state index in [2.05, 4.69) is 50.2 Å². The minimum Gasteiger partial charge on any atom is -0.399 e. The molecule has 3 rings (SSSR count). The van der Waals surface area contributed by atoms with Crippen LogP contribution in [-0.4, -0.2) is 0 Å². The highest BCUT2D eigenvalue weighted by Crippen LogP contribution is 2.48. The number of rotatable bonds is 4. The van der Waals surface area contributed by atoms with E-state index in [0.29, 0.717) is 5.41 Å². The Labute approximate surface area is 140 Å². The van der Waals surface area contributed by atoms with Gasteiger partial charge in [0, 0.05) is 5.69 Å². The Bertz CT molecular complexity index is 643. The molecule has 0 radical (unpaired) electrons. The highest BCUT2D eigenvalue weighted by Gasteiger charge is 2.35. The van der Waals surface area contributed by atoms with Gasteiger partial charge in [-0.15, -0.1) is 0 Å². The Balaban J connectivity index is 1.81. The van der Waals surface area contributed by atoms with Crippen molar-refractivity contribution >= 4 is 5.69 Å². The summed E-state index contributed by atoms with van der Waals surface area (Å²) in [6.45, 7) is 4.63. The lowest BCUT2D eigenvalue weighted by molar-refractivity contribution is 0.160. The Kier molecular flexibility index (Phi) is 4.75. The first kappa shape index (κ1) is 16.1. The van der Waals surface area contributed by atoms with Crippen LogP contribution in [0.4, 0.5) is 5.69 Å². The topological polar surface area (TPSA) is 26.0 Å².